The molecule has 112 valence electrons. The average Bonchev–Trinajstić information content (AvgIpc) is 3.14. The van der Waals surface area contributed by atoms with Crippen molar-refractivity contribution in [2.24, 2.45) is 17.3 Å². The Labute approximate surface area is 125 Å². The summed E-state index contributed by atoms with van der Waals surface area (Å²) >= 11 is 0. The molecular weight excluding hydrogens is 266 g/mol. The van der Waals surface area contributed by atoms with E-state index >= 15 is 0 Å². The molecule has 21 heavy (non-hydrogen) atoms. The van der Waals surface area contributed by atoms with Gasteiger partial charge < -0.3 is 14.6 Å². The van der Waals surface area contributed by atoms with E-state index in [0.717, 1.165) is 24.8 Å². The topological polar surface area (TPSA) is 62.5 Å². The molecule has 4 atom stereocenters. The maximum Gasteiger partial charge on any atom is 0.161 e. The van der Waals surface area contributed by atoms with Gasteiger partial charge in [0.2, 0.25) is 0 Å². The van der Waals surface area contributed by atoms with Gasteiger partial charge in [-0.15, -0.1) is 0 Å². The first-order valence-electron chi connectivity index (χ1n) is 7.46. The second-order valence-electron chi connectivity index (χ2n) is 6.25. The van der Waals surface area contributed by atoms with Crippen LogP contribution in [0.1, 0.15) is 37.4 Å². The monoisotopic (exact) mass is 287 g/mol. The number of benzene rings is 1. The lowest BCUT2D eigenvalue weighted by Gasteiger charge is -2.35. The summed E-state index contributed by atoms with van der Waals surface area (Å²) in [6, 6.07) is 7.86. The highest BCUT2D eigenvalue weighted by Gasteiger charge is 2.55. The van der Waals surface area contributed by atoms with E-state index in [0.29, 0.717) is 23.3 Å². The summed E-state index contributed by atoms with van der Waals surface area (Å²) in [6.45, 7) is 0. The maximum atomic E-state index is 10.9. The van der Waals surface area contributed by atoms with Gasteiger partial charge in [-0.2, -0.15) is 5.26 Å². The van der Waals surface area contributed by atoms with E-state index in [9.17, 15) is 10.4 Å². The molecule has 2 aliphatic rings. The molecule has 0 radical (unpaired) electrons. The predicted octanol–water partition coefficient (Wildman–Crippen LogP) is 3.07. The van der Waals surface area contributed by atoms with Crippen LogP contribution >= 0.6 is 0 Å². The molecule has 2 bridgehead atoms. The third kappa shape index (κ3) is 2.08. The number of aliphatic hydroxyl groups excluding tert-OH is 1. The Hall–Kier alpha value is -1.73. The van der Waals surface area contributed by atoms with E-state index in [-0.39, 0.29) is 0 Å². The first kappa shape index (κ1) is 14.2. The molecule has 2 fully saturated rings. The molecule has 4 heteroatoms. The summed E-state index contributed by atoms with van der Waals surface area (Å²) < 4.78 is 10.5. The second-order valence-corrected chi connectivity index (χ2v) is 6.25. The number of rotatable bonds is 4. The predicted molar refractivity (Wildman–Crippen MR) is 78.0 cm³/mol. The zero-order chi connectivity index (χ0) is 15.0. The molecule has 0 spiro atoms. The number of hydrogen-bond donors (Lipinski definition) is 1. The summed E-state index contributed by atoms with van der Waals surface area (Å²) in [5.74, 6) is 2.14. The van der Waals surface area contributed by atoms with Gasteiger partial charge in [-0.3, -0.25) is 0 Å². The fourth-order valence-corrected chi connectivity index (χ4v) is 4.23. The fraction of sp³-hybridized carbons (Fsp3) is 0.588. The van der Waals surface area contributed by atoms with Crippen molar-refractivity contribution < 1.29 is 14.6 Å². The summed E-state index contributed by atoms with van der Waals surface area (Å²) in [4.78, 5) is 0. The molecule has 3 rings (SSSR count). The van der Waals surface area contributed by atoms with Gasteiger partial charge in [0.15, 0.2) is 11.5 Å². The van der Waals surface area contributed by atoms with Gasteiger partial charge in [0.25, 0.3) is 0 Å². The molecular formula is C17H21NO3. The molecule has 1 aromatic carbocycles. The Kier molecular flexibility index (Phi) is 3.54. The van der Waals surface area contributed by atoms with Crippen molar-refractivity contribution in [1.29, 1.82) is 5.26 Å². The van der Waals surface area contributed by atoms with Crippen molar-refractivity contribution in [3.63, 3.8) is 0 Å². The molecule has 0 aromatic heterocycles. The van der Waals surface area contributed by atoms with Crippen LogP contribution in [0.2, 0.25) is 0 Å². The van der Waals surface area contributed by atoms with E-state index < -0.39 is 11.5 Å². The highest BCUT2D eigenvalue weighted by atomic mass is 16.5. The maximum absolute atomic E-state index is 10.9. The molecule has 2 aliphatic carbocycles. The Morgan fingerprint density at radius 2 is 2.05 bits per heavy atom. The molecule has 2 saturated carbocycles. The van der Waals surface area contributed by atoms with Crippen molar-refractivity contribution in [1.82, 2.24) is 0 Å². The van der Waals surface area contributed by atoms with Crippen molar-refractivity contribution in [3.8, 4) is 17.6 Å². The van der Waals surface area contributed by atoms with Crippen LogP contribution in [-0.4, -0.2) is 19.3 Å². The number of methoxy groups -OCH3 is 2. The van der Waals surface area contributed by atoms with E-state index in [2.05, 4.69) is 6.07 Å². The summed E-state index contributed by atoms with van der Waals surface area (Å²) in [7, 11) is 3.16. The minimum absolute atomic E-state index is 0.315. The van der Waals surface area contributed by atoms with Crippen molar-refractivity contribution in [2.75, 3.05) is 14.2 Å². The number of fused-ring (bicyclic) bond motifs is 2. The normalized spacial score (nSPS) is 31.7. The third-order valence-electron chi connectivity index (χ3n) is 5.32. The van der Waals surface area contributed by atoms with Gasteiger partial charge in [-0.05, 0) is 48.8 Å². The minimum Gasteiger partial charge on any atom is -0.493 e. The van der Waals surface area contributed by atoms with E-state index in [1.165, 1.54) is 6.42 Å². The Morgan fingerprint density at radius 1 is 1.29 bits per heavy atom. The highest BCUT2D eigenvalue weighted by Crippen LogP contribution is 2.60. The summed E-state index contributed by atoms with van der Waals surface area (Å²) in [6.07, 6.45) is 3.38. The number of aliphatic hydroxyl groups is 1. The zero-order valence-electron chi connectivity index (χ0n) is 12.5. The summed E-state index contributed by atoms with van der Waals surface area (Å²) in [5.41, 5.74) is 0.101. The zero-order valence-corrected chi connectivity index (χ0v) is 12.5. The molecule has 0 aliphatic heterocycles. The third-order valence-corrected chi connectivity index (χ3v) is 5.32. The number of hydrogen-bond acceptors (Lipinski definition) is 4. The van der Waals surface area contributed by atoms with Crippen molar-refractivity contribution >= 4 is 0 Å². The lowest BCUT2D eigenvalue weighted by atomic mass is 9.68. The fourth-order valence-electron chi connectivity index (χ4n) is 4.23. The van der Waals surface area contributed by atoms with Gasteiger partial charge in [-0.25, -0.2) is 0 Å². The number of nitrogens with zero attached hydrogens (tertiary/aromatic N) is 1. The Morgan fingerprint density at radius 3 is 2.57 bits per heavy atom. The first-order valence-corrected chi connectivity index (χ1v) is 7.46. The molecule has 0 saturated heterocycles. The van der Waals surface area contributed by atoms with Crippen LogP contribution < -0.4 is 9.47 Å². The molecule has 4 unspecified atom stereocenters. The SMILES string of the molecule is COc1ccc(C(O)C2(C#N)CC3CCC2C3)cc1OC. The molecule has 1 aromatic rings. The van der Waals surface area contributed by atoms with Crippen LogP contribution in [0.3, 0.4) is 0 Å². The van der Waals surface area contributed by atoms with Crippen LogP contribution in [0.4, 0.5) is 0 Å². The number of ether oxygens (including phenoxy) is 2. The lowest BCUT2D eigenvalue weighted by molar-refractivity contribution is 0.0231. The standard InChI is InChI=1S/C17H21NO3/c1-20-14-6-4-12(8-15(14)21-2)16(19)17(10-18)9-11-3-5-13(17)7-11/h4,6,8,11,13,16,19H,3,5,7,9H2,1-2H3. The minimum atomic E-state index is -0.766. The Balaban J connectivity index is 1.95. The van der Waals surface area contributed by atoms with Crippen molar-refractivity contribution in [2.45, 2.75) is 31.8 Å². The largest absolute Gasteiger partial charge is 0.493 e. The van der Waals surface area contributed by atoms with Gasteiger partial charge >= 0.3 is 0 Å². The van der Waals surface area contributed by atoms with Crippen LogP contribution in [-0.2, 0) is 0 Å². The molecule has 0 amide bonds. The van der Waals surface area contributed by atoms with Crippen molar-refractivity contribution in [3.05, 3.63) is 23.8 Å². The first-order chi connectivity index (χ1) is 10.1. The second kappa shape index (κ2) is 5.23. The molecule has 1 N–H and O–H groups in total. The quantitative estimate of drug-likeness (QED) is 0.924. The van der Waals surface area contributed by atoms with Gasteiger partial charge in [-0.1, -0.05) is 12.5 Å². The van der Waals surface area contributed by atoms with Gasteiger partial charge in [0.05, 0.1) is 31.8 Å². The summed E-state index contributed by atoms with van der Waals surface area (Å²) in [5, 5.41) is 20.6. The van der Waals surface area contributed by atoms with Crippen LogP contribution in [0.5, 0.6) is 11.5 Å². The average molecular weight is 287 g/mol. The van der Waals surface area contributed by atoms with Crippen LogP contribution in [0, 0.1) is 28.6 Å². The van der Waals surface area contributed by atoms with E-state index in [4.69, 9.17) is 9.47 Å². The van der Waals surface area contributed by atoms with Gasteiger partial charge in [0.1, 0.15) is 0 Å². The van der Waals surface area contributed by atoms with E-state index in [1.807, 2.05) is 6.07 Å². The highest BCUT2D eigenvalue weighted by molar-refractivity contribution is 5.44. The van der Waals surface area contributed by atoms with E-state index in [1.54, 1.807) is 26.4 Å². The van der Waals surface area contributed by atoms with Gasteiger partial charge in [0, 0.05) is 0 Å². The Bertz CT molecular complexity index is 580. The molecule has 4 nitrogen and oxygen atoms in total. The van der Waals surface area contributed by atoms with Crippen LogP contribution in [0.15, 0.2) is 18.2 Å². The number of nitriles is 1. The molecule has 0 heterocycles. The smallest absolute Gasteiger partial charge is 0.161 e. The lowest BCUT2D eigenvalue weighted by Crippen LogP contribution is -2.33. The van der Waals surface area contributed by atoms with Crippen LogP contribution in [0.25, 0.3) is 0 Å².